The lowest BCUT2D eigenvalue weighted by molar-refractivity contribution is 0.604. The lowest BCUT2D eigenvalue weighted by Gasteiger charge is -2.01. The highest BCUT2D eigenvalue weighted by Gasteiger charge is 2.10. The molecule has 7 nitrogen and oxygen atoms in total. The third kappa shape index (κ3) is 3.91. The van der Waals surface area contributed by atoms with E-state index in [0.29, 0.717) is 18.4 Å². The first kappa shape index (κ1) is 20.0. The molecule has 4 rings (SSSR count). The molecular weight excluding hydrogens is 403 g/mol. The summed E-state index contributed by atoms with van der Waals surface area (Å²) in [6.07, 6.45) is 5.57. The zero-order valence-corrected chi connectivity index (χ0v) is 16.3. The Hall–Kier alpha value is -2.75. The summed E-state index contributed by atoms with van der Waals surface area (Å²) >= 11 is 1.59. The van der Waals surface area contributed by atoms with Gasteiger partial charge in [-0.05, 0) is 29.8 Å². The fourth-order valence-corrected chi connectivity index (χ4v) is 3.77. The van der Waals surface area contributed by atoms with Crippen LogP contribution in [0.25, 0.3) is 21.5 Å². The van der Waals surface area contributed by atoms with E-state index >= 15 is 0 Å². The van der Waals surface area contributed by atoms with Crippen LogP contribution in [0.4, 0.5) is 4.39 Å². The Labute approximate surface area is 169 Å². The molecule has 146 valence electrons. The van der Waals surface area contributed by atoms with Crippen molar-refractivity contribution < 1.29 is 4.39 Å². The number of nitrogens with zero attached hydrogens (tertiary/aromatic N) is 4. The van der Waals surface area contributed by atoms with Gasteiger partial charge < -0.3 is 10.7 Å². The molecule has 3 N–H and O–H groups in total. The van der Waals surface area contributed by atoms with E-state index in [0.717, 1.165) is 26.4 Å². The van der Waals surface area contributed by atoms with E-state index < -0.39 is 0 Å². The predicted molar refractivity (Wildman–Crippen MR) is 110 cm³/mol. The molecule has 0 atom stereocenters. The van der Waals surface area contributed by atoms with Crippen LogP contribution in [-0.4, -0.2) is 30.9 Å². The van der Waals surface area contributed by atoms with Gasteiger partial charge in [0, 0.05) is 39.6 Å². The average molecular weight is 421 g/mol. The van der Waals surface area contributed by atoms with Gasteiger partial charge in [0.25, 0.3) is 0 Å². The molecule has 0 bridgehead atoms. The smallest absolute Gasteiger partial charge is 0.346 e. The van der Waals surface area contributed by atoms with Crippen molar-refractivity contribution in [3.05, 3.63) is 70.3 Å². The number of thiophene rings is 1. The minimum Gasteiger partial charge on any atom is -0.346 e. The molecule has 0 saturated carbocycles. The highest BCUT2D eigenvalue weighted by Crippen LogP contribution is 2.29. The van der Waals surface area contributed by atoms with Gasteiger partial charge in [-0.15, -0.1) is 23.7 Å². The lowest BCUT2D eigenvalue weighted by Crippen LogP contribution is -2.26. The molecule has 0 aliphatic carbocycles. The van der Waals surface area contributed by atoms with Crippen molar-refractivity contribution in [1.82, 2.24) is 24.3 Å². The molecule has 0 aliphatic rings. The van der Waals surface area contributed by atoms with E-state index in [4.69, 9.17) is 5.73 Å². The summed E-state index contributed by atoms with van der Waals surface area (Å²) in [5, 5.41) is 5.09. The number of aromatic nitrogens is 5. The number of rotatable bonds is 6. The van der Waals surface area contributed by atoms with Crippen molar-refractivity contribution in [1.29, 1.82) is 0 Å². The topological polar surface area (TPSA) is 94.5 Å². The number of H-pyrrole nitrogens is 1. The monoisotopic (exact) mass is 420 g/mol. The van der Waals surface area contributed by atoms with E-state index in [1.807, 2.05) is 30.6 Å². The highest BCUT2D eigenvalue weighted by molar-refractivity contribution is 7.15. The van der Waals surface area contributed by atoms with E-state index in [1.165, 1.54) is 15.6 Å². The summed E-state index contributed by atoms with van der Waals surface area (Å²) < 4.78 is 15.4. The minimum absolute atomic E-state index is 0. The molecule has 0 radical (unpaired) electrons. The number of nitrogens with two attached hydrogens (primary N) is 1. The van der Waals surface area contributed by atoms with Gasteiger partial charge in [-0.3, -0.25) is 4.57 Å². The summed E-state index contributed by atoms with van der Waals surface area (Å²) in [5.41, 5.74) is 7.33. The van der Waals surface area contributed by atoms with Crippen molar-refractivity contribution in [3.63, 3.8) is 0 Å². The molecule has 0 aromatic carbocycles. The van der Waals surface area contributed by atoms with E-state index in [1.54, 1.807) is 11.3 Å². The molecule has 28 heavy (non-hydrogen) atoms. The molecular formula is C18H18ClFN6OS. The molecule has 4 aromatic heterocycles. The number of nitrogens with one attached hydrogen (secondary N) is 1. The Morgan fingerprint density at radius 3 is 3.00 bits per heavy atom. The molecule has 0 amide bonds. The Bertz CT molecular complexity index is 1170. The minimum atomic E-state index is -0.298. The first-order chi connectivity index (χ1) is 13.2. The quantitative estimate of drug-likeness (QED) is 0.501. The second kappa shape index (κ2) is 8.51. The largest absolute Gasteiger partial charge is 0.346 e. The van der Waals surface area contributed by atoms with Gasteiger partial charge in [-0.1, -0.05) is 0 Å². The first-order valence-corrected chi connectivity index (χ1v) is 9.12. The first-order valence-electron chi connectivity index (χ1n) is 8.30. The second-order valence-electron chi connectivity index (χ2n) is 6.08. The summed E-state index contributed by atoms with van der Waals surface area (Å²) in [5.74, 6) is 0. The number of hydrogen-bond acceptors (Lipinski definition) is 5. The summed E-state index contributed by atoms with van der Waals surface area (Å²) in [7, 11) is 0. The Kier molecular flexibility index (Phi) is 6.08. The van der Waals surface area contributed by atoms with Gasteiger partial charge in [0.2, 0.25) is 0 Å². The predicted octanol–water partition coefficient (Wildman–Crippen LogP) is 2.93. The number of pyridine rings is 1. The molecule has 0 unspecified atom stereocenters. The van der Waals surface area contributed by atoms with Crippen molar-refractivity contribution in [2.45, 2.75) is 13.1 Å². The van der Waals surface area contributed by atoms with Crippen LogP contribution in [0.3, 0.4) is 0 Å². The highest BCUT2D eigenvalue weighted by atomic mass is 35.5. The molecule has 0 aliphatic heterocycles. The zero-order chi connectivity index (χ0) is 18.8. The number of hydrogen-bond donors (Lipinski definition) is 2. The third-order valence-corrected chi connectivity index (χ3v) is 5.36. The van der Waals surface area contributed by atoms with Crippen LogP contribution >= 0.6 is 23.7 Å². The molecule has 0 spiro atoms. The van der Waals surface area contributed by atoms with Gasteiger partial charge in [0.1, 0.15) is 12.0 Å². The molecule has 4 heterocycles. The van der Waals surface area contributed by atoms with E-state index in [-0.39, 0.29) is 31.2 Å². The third-order valence-electron chi connectivity index (χ3n) is 4.24. The van der Waals surface area contributed by atoms with Gasteiger partial charge >= 0.3 is 5.69 Å². The summed E-state index contributed by atoms with van der Waals surface area (Å²) in [6, 6.07) is 8.06. The molecule has 4 aromatic rings. The molecule has 10 heteroatoms. The number of aromatic amines is 1. The fourth-order valence-electron chi connectivity index (χ4n) is 2.79. The normalized spacial score (nSPS) is 11.7. The molecule has 0 fully saturated rings. The second-order valence-corrected chi connectivity index (χ2v) is 7.24. The maximum atomic E-state index is 12.7. The van der Waals surface area contributed by atoms with Crippen LogP contribution < -0.4 is 11.4 Å². The lowest BCUT2D eigenvalue weighted by atomic mass is 10.2. The van der Waals surface area contributed by atoms with Crippen molar-refractivity contribution in [3.8, 4) is 10.4 Å². The van der Waals surface area contributed by atoms with Crippen molar-refractivity contribution in [2.75, 3.05) is 6.54 Å². The van der Waals surface area contributed by atoms with Gasteiger partial charge in [0.05, 0.1) is 19.4 Å². The van der Waals surface area contributed by atoms with Gasteiger partial charge in [-0.25, -0.2) is 18.9 Å². The standard InChI is InChI=1S/C18H17FN6OS.ClH/c19-6-12(7-20)9-25-18(26)24(11-23-25)10-15-1-2-16(27-15)14-5-13-3-4-21-17(13)22-8-14;/h1-6,8,11H,7,9-10,20H2,(H,21,22);1H/b12-6+;. The van der Waals surface area contributed by atoms with Crippen LogP contribution in [0.5, 0.6) is 0 Å². The Morgan fingerprint density at radius 1 is 1.36 bits per heavy atom. The van der Waals surface area contributed by atoms with Crippen LogP contribution in [0.2, 0.25) is 0 Å². The summed E-state index contributed by atoms with van der Waals surface area (Å²) in [6.45, 7) is 0.501. The van der Waals surface area contributed by atoms with Crippen LogP contribution in [0.1, 0.15) is 4.88 Å². The van der Waals surface area contributed by atoms with Crippen molar-refractivity contribution in [2.24, 2.45) is 5.73 Å². The van der Waals surface area contributed by atoms with Gasteiger partial charge in [-0.2, -0.15) is 5.10 Å². The van der Waals surface area contributed by atoms with Crippen LogP contribution in [0.15, 0.2) is 59.7 Å². The Balaban J connectivity index is 0.00000225. The maximum Gasteiger partial charge on any atom is 0.346 e. The zero-order valence-electron chi connectivity index (χ0n) is 14.7. The maximum absolute atomic E-state index is 12.7. The number of halogens is 2. The Morgan fingerprint density at radius 2 is 2.21 bits per heavy atom. The molecule has 0 saturated heterocycles. The number of fused-ring (bicyclic) bond motifs is 1. The van der Waals surface area contributed by atoms with Gasteiger partial charge in [0.15, 0.2) is 0 Å². The van der Waals surface area contributed by atoms with Crippen LogP contribution in [-0.2, 0) is 13.1 Å². The SMILES string of the molecule is Cl.NC/C(=C\F)Cn1ncn(Cc2ccc(-c3cnc4[nH]ccc4c3)s2)c1=O. The summed E-state index contributed by atoms with van der Waals surface area (Å²) in [4.78, 5) is 22.0. The van der Waals surface area contributed by atoms with E-state index in [2.05, 4.69) is 21.1 Å². The average Bonchev–Trinajstić information content (AvgIpc) is 3.41. The van der Waals surface area contributed by atoms with Crippen molar-refractivity contribution >= 4 is 34.8 Å². The van der Waals surface area contributed by atoms with E-state index in [9.17, 15) is 9.18 Å². The van der Waals surface area contributed by atoms with Crippen LogP contribution in [0, 0.1) is 0 Å². The fraction of sp³-hybridized carbons (Fsp3) is 0.167.